The molecule has 1 aliphatic rings. The smallest absolute Gasteiger partial charge is 0.417 e. The van der Waals surface area contributed by atoms with Crippen molar-refractivity contribution in [2.45, 2.75) is 38.3 Å². The number of alkyl halides is 3. The highest BCUT2D eigenvalue weighted by molar-refractivity contribution is 5.82. The number of methoxy groups -OCH3 is 1. The highest BCUT2D eigenvalue weighted by Gasteiger charge is 2.35. The number of nitrogens with zero attached hydrogens (tertiary/aromatic N) is 2. The summed E-state index contributed by atoms with van der Waals surface area (Å²) >= 11 is 0. The van der Waals surface area contributed by atoms with Gasteiger partial charge in [0.2, 0.25) is 5.91 Å². The molecule has 1 atom stereocenters. The lowest BCUT2D eigenvalue weighted by atomic mass is 9.93. The number of H-pyrrole nitrogens is 1. The first-order chi connectivity index (χ1) is 15.7. The Labute approximate surface area is 188 Å². The number of rotatable bonds is 4. The summed E-state index contributed by atoms with van der Waals surface area (Å²) in [7, 11) is 1.58. The summed E-state index contributed by atoms with van der Waals surface area (Å²) in [5.74, 6) is 0.482. The van der Waals surface area contributed by atoms with Crippen LogP contribution in [-0.4, -0.2) is 41.0 Å². The number of nitrogens with one attached hydrogen (secondary N) is 1. The van der Waals surface area contributed by atoms with Crippen LogP contribution in [0.1, 0.15) is 41.3 Å². The molecule has 33 heavy (non-hydrogen) atoms. The van der Waals surface area contributed by atoms with Crippen molar-refractivity contribution in [3.8, 4) is 5.75 Å². The molecule has 1 N–H and O–H groups in total. The minimum Gasteiger partial charge on any atom is -0.497 e. The van der Waals surface area contributed by atoms with Crippen LogP contribution in [0.25, 0.3) is 10.9 Å². The van der Waals surface area contributed by atoms with Crippen LogP contribution in [-0.2, 0) is 17.4 Å². The van der Waals surface area contributed by atoms with Crippen LogP contribution >= 0.6 is 0 Å². The number of pyridine rings is 2. The van der Waals surface area contributed by atoms with E-state index >= 15 is 0 Å². The second-order valence-corrected chi connectivity index (χ2v) is 8.33. The van der Waals surface area contributed by atoms with Crippen LogP contribution in [0.15, 0.2) is 41.2 Å². The van der Waals surface area contributed by atoms with Crippen LogP contribution < -0.4 is 10.3 Å². The SMILES string of the molecule is COc1ccc(CC(=O)N2CCC[C@@H](c3cc4nc(C)cc(C(F)(F)F)c4c(=O)[nH]3)C2)cc1. The molecular weight excluding hydrogens is 435 g/mol. The number of amides is 1. The molecule has 3 aromatic rings. The summed E-state index contributed by atoms with van der Waals surface area (Å²) in [6, 6.07) is 9.67. The first kappa shape index (κ1) is 22.8. The first-order valence-corrected chi connectivity index (χ1v) is 10.7. The average Bonchev–Trinajstić information content (AvgIpc) is 2.78. The number of ether oxygens (including phenoxy) is 1. The number of fused-ring (bicyclic) bond motifs is 1. The number of halogens is 3. The number of piperidine rings is 1. The van der Waals surface area contributed by atoms with Crippen LogP contribution in [0.4, 0.5) is 13.2 Å². The molecule has 0 bridgehead atoms. The zero-order valence-corrected chi connectivity index (χ0v) is 18.3. The normalized spacial score (nSPS) is 16.8. The van der Waals surface area contributed by atoms with Crippen molar-refractivity contribution in [1.29, 1.82) is 0 Å². The number of hydrogen-bond acceptors (Lipinski definition) is 4. The van der Waals surface area contributed by atoms with E-state index in [1.165, 1.54) is 13.0 Å². The Morgan fingerprint density at radius 1 is 1.24 bits per heavy atom. The quantitative estimate of drug-likeness (QED) is 0.634. The van der Waals surface area contributed by atoms with Gasteiger partial charge in [0.25, 0.3) is 5.56 Å². The summed E-state index contributed by atoms with van der Waals surface area (Å²) in [5, 5.41) is -0.458. The van der Waals surface area contributed by atoms with Gasteiger partial charge in [0.05, 0.1) is 30.0 Å². The Hall–Kier alpha value is -3.36. The second-order valence-electron chi connectivity index (χ2n) is 8.33. The van der Waals surface area contributed by atoms with Crippen molar-refractivity contribution in [1.82, 2.24) is 14.9 Å². The number of carbonyl (C=O) groups is 1. The zero-order valence-electron chi connectivity index (χ0n) is 18.3. The van der Waals surface area contributed by atoms with E-state index in [9.17, 15) is 22.8 Å². The fourth-order valence-electron chi connectivity index (χ4n) is 4.35. The molecule has 3 heterocycles. The van der Waals surface area contributed by atoms with Crippen molar-refractivity contribution in [3.63, 3.8) is 0 Å². The lowest BCUT2D eigenvalue weighted by molar-refractivity contribution is -0.136. The predicted octanol–water partition coefficient (Wildman–Crippen LogP) is 4.21. The van der Waals surface area contributed by atoms with Crippen molar-refractivity contribution in [3.05, 3.63) is 69.3 Å². The highest BCUT2D eigenvalue weighted by Crippen LogP contribution is 2.34. The first-order valence-electron chi connectivity index (χ1n) is 10.7. The van der Waals surface area contributed by atoms with Gasteiger partial charge in [0.1, 0.15) is 5.75 Å². The summed E-state index contributed by atoms with van der Waals surface area (Å²) in [5.41, 5.74) is -0.238. The predicted molar refractivity (Wildman–Crippen MR) is 117 cm³/mol. The van der Waals surface area contributed by atoms with E-state index in [2.05, 4.69) is 9.97 Å². The van der Waals surface area contributed by atoms with Gasteiger partial charge >= 0.3 is 6.18 Å². The number of likely N-dealkylation sites (tertiary alicyclic amines) is 1. The zero-order chi connectivity index (χ0) is 23.8. The summed E-state index contributed by atoms with van der Waals surface area (Å²) in [6.07, 6.45) is -2.98. The largest absolute Gasteiger partial charge is 0.497 e. The molecule has 6 nitrogen and oxygen atoms in total. The van der Waals surface area contributed by atoms with E-state index in [-0.39, 0.29) is 29.5 Å². The Morgan fingerprint density at radius 3 is 2.64 bits per heavy atom. The van der Waals surface area contributed by atoms with Crippen molar-refractivity contribution in [2.75, 3.05) is 20.2 Å². The topological polar surface area (TPSA) is 75.3 Å². The minimum atomic E-state index is -4.66. The number of carbonyl (C=O) groups excluding carboxylic acids is 1. The average molecular weight is 459 g/mol. The van der Waals surface area contributed by atoms with Gasteiger partial charge in [0.15, 0.2) is 0 Å². The molecule has 0 unspecified atom stereocenters. The Bertz CT molecular complexity index is 1240. The van der Waals surface area contributed by atoms with E-state index in [1.54, 1.807) is 24.1 Å². The van der Waals surface area contributed by atoms with Gasteiger partial charge in [-0.2, -0.15) is 13.2 Å². The molecule has 1 aromatic carbocycles. The maximum Gasteiger partial charge on any atom is 0.417 e. The molecule has 9 heteroatoms. The van der Waals surface area contributed by atoms with Crippen LogP contribution in [0.3, 0.4) is 0 Å². The van der Waals surface area contributed by atoms with Crippen molar-refractivity contribution < 1.29 is 22.7 Å². The molecular formula is C24H24F3N3O3. The Balaban J connectivity index is 1.58. The fourth-order valence-corrected chi connectivity index (χ4v) is 4.35. The molecule has 4 rings (SSSR count). The molecule has 0 saturated carbocycles. The van der Waals surface area contributed by atoms with Gasteiger partial charge in [-0.1, -0.05) is 12.1 Å². The van der Waals surface area contributed by atoms with Crippen LogP contribution in [0, 0.1) is 6.92 Å². The number of benzene rings is 1. The summed E-state index contributed by atoms with van der Waals surface area (Å²) in [4.78, 5) is 34.1. The highest BCUT2D eigenvalue weighted by atomic mass is 19.4. The molecule has 174 valence electrons. The fraction of sp³-hybridized carbons (Fsp3) is 0.375. The maximum absolute atomic E-state index is 13.5. The van der Waals surface area contributed by atoms with E-state index < -0.39 is 22.7 Å². The van der Waals surface area contributed by atoms with E-state index in [1.807, 2.05) is 12.1 Å². The van der Waals surface area contributed by atoms with E-state index in [0.717, 1.165) is 18.1 Å². The van der Waals surface area contributed by atoms with E-state index in [4.69, 9.17) is 4.74 Å². The number of aromatic nitrogens is 2. The Kier molecular flexibility index (Phi) is 6.14. The molecule has 1 saturated heterocycles. The summed E-state index contributed by atoms with van der Waals surface area (Å²) < 4.78 is 45.5. The lowest BCUT2D eigenvalue weighted by Gasteiger charge is -2.33. The molecule has 1 fully saturated rings. The van der Waals surface area contributed by atoms with Gasteiger partial charge in [0, 0.05) is 30.4 Å². The third-order valence-corrected chi connectivity index (χ3v) is 5.99. The third kappa shape index (κ3) is 4.86. The number of aromatic amines is 1. The monoisotopic (exact) mass is 459 g/mol. The molecule has 1 amide bonds. The van der Waals surface area contributed by atoms with E-state index in [0.29, 0.717) is 31.0 Å². The molecule has 0 aliphatic carbocycles. The van der Waals surface area contributed by atoms with Crippen molar-refractivity contribution >= 4 is 16.8 Å². The van der Waals surface area contributed by atoms with Crippen molar-refractivity contribution in [2.24, 2.45) is 0 Å². The lowest BCUT2D eigenvalue weighted by Crippen LogP contribution is -2.40. The standard InChI is InChI=1S/C24H24F3N3O3/c1-14-10-18(24(25,26)27)22-20(28-14)12-19(29-23(22)32)16-4-3-9-30(13-16)21(31)11-15-5-7-17(33-2)8-6-15/h5-8,10,12,16H,3-4,9,11,13H2,1-2H3,(H,29,32)/t16-/m1/s1. The maximum atomic E-state index is 13.5. The number of aryl methyl sites for hydroxylation is 1. The van der Waals surface area contributed by atoms with Crippen LogP contribution in [0.5, 0.6) is 5.75 Å². The molecule has 0 radical (unpaired) electrons. The summed E-state index contributed by atoms with van der Waals surface area (Å²) in [6.45, 7) is 2.45. The van der Waals surface area contributed by atoms with Gasteiger partial charge < -0.3 is 14.6 Å². The molecule has 1 aliphatic heterocycles. The molecule has 2 aromatic heterocycles. The third-order valence-electron chi connectivity index (χ3n) is 5.99. The minimum absolute atomic E-state index is 0.0164. The van der Waals surface area contributed by atoms with Crippen LogP contribution in [0.2, 0.25) is 0 Å². The molecule has 0 spiro atoms. The van der Waals surface area contributed by atoms with Gasteiger partial charge in [-0.05, 0) is 49.6 Å². The number of hydrogen-bond donors (Lipinski definition) is 1. The van der Waals surface area contributed by atoms with Gasteiger partial charge in [-0.15, -0.1) is 0 Å². The van der Waals surface area contributed by atoms with Gasteiger partial charge in [-0.25, -0.2) is 0 Å². The Morgan fingerprint density at radius 2 is 1.97 bits per heavy atom. The second kappa shape index (κ2) is 8.88. The van der Waals surface area contributed by atoms with Gasteiger partial charge in [-0.3, -0.25) is 14.6 Å².